The summed E-state index contributed by atoms with van der Waals surface area (Å²) in [6.45, 7) is 2.77. The molecule has 2 aliphatic heterocycles. The van der Waals surface area contributed by atoms with E-state index in [1.807, 2.05) is 76.3 Å². The molecule has 1 unspecified atom stereocenters. The molecule has 0 saturated carbocycles. The minimum Gasteiger partial charge on any atom is -0.481 e. The van der Waals surface area contributed by atoms with Crippen molar-refractivity contribution in [3.63, 3.8) is 0 Å². The van der Waals surface area contributed by atoms with Gasteiger partial charge in [-0.1, -0.05) is 60.0 Å². The van der Waals surface area contributed by atoms with Gasteiger partial charge in [0.25, 0.3) is 20.2 Å². The highest BCUT2D eigenvalue weighted by Crippen LogP contribution is 2.47. The summed E-state index contributed by atoms with van der Waals surface area (Å²) in [5.74, 6) is -1.60. The van der Waals surface area contributed by atoms with Crippen LogP contribution in [0.2, 0.25) is 0 Å². The number of allylic oxidation sites excluding steroid dienone is 5. The van der Waals surface area contributed by atoms with Crippen molar-refractivity contribution in [1.82, 2.24) is 0 Å². The first kappa shape index (κ1) is 39.8. The number of para-hydroxylation sites is 1. The highest BCUT2D eigenvalue weighted by atomic mass is 32.2. The van der Waals surface area contributed by atoms with E-state index in [9.17, 15) is 30.7 Å². The first-order valence-electron chi connectivity index (χ1n) is 15.9. The van der Waals surface area contributed by atoms with Gasteiger partial charge in [-0.05, 0) is 56.5 Å². The van der Waals surface area contributed by atoms with Crippen molar-refractivity contribution >= 4 is 67.1 Å². The number of benzene rings is 2. The molecule has 0 radical (unpaired) electrons. The molecule has 1 atom stereocenters. The molecule has 2 aromatic rings. The lowest BCUT2D eigenvalue weighted by atomic mass is 9.75. The summed E-state index contributed by atoms with van der Waals surface area (Å²) < 4.78 is 71.1. The highest BCUT2D eigenvalue weighted by molar-refractivity contribution is 8.03. The van der Waals surface area contributed by atoms with Crippen molar-refractivity contribution in [3.8, 4) is 0 Å². The summed E-state index contributed by atoms with van der Waals surface area (Å²) >= 11 is 2.38. The molecule has 0 fully saturated rings. The number of unbranched alkanes of at least 4 members (excludes halogenated alkanes) is 2. The zero-order chi connectivity index (χ0) is 36.4. The molecule has 2 aromatic carbocycles. The van der Waals surface area contributed by atoms with Crippen LogP contribution in [-0.4, -0.2) is 77.2 Å². The van der Waals surface area contributed by atoms with Gasteiger partial charge in [0.1, 0.15) is 6.54 Å². The van der Waals surface area contributed by atoms with E-state index in [4.69, 9.17) is 10.4 Å². The van der Waals surface area contributed by atoms with E-state index in [1.54, 1.807) is 17.8 Å². The Morgan fingerprint density at radius 3 is 2.44 bits per heavy atom. The summed E-state index contributed by atoms with van der Waals surface area (Å²) in [5, 5.41) is 22.5. The predicted molar refractivity (Wildman–Crippen MR) is 193 cm³/mol. The van der Waals surface area contributed by atoms with E-state index in [0.29, 0.717) is 37.2 Å². The van der Waals surface area contributed by atoms with Gasteiger partial charge in [0.2, 0.25) is 5.69 Å². The van der Waals surface area contributed by atoms with Crippen LogP contribution >= 0.6 is 23.8 Å². The molecule has 0 aliphatic carbocycles. The molecular weight excluding hydrogens is 729 g/mol. The van der Waals surface area contributed by atoms with Gasteiger partial charge in [-0.15, -0.1) is 4.33 Å². The van der Waals surface area contributed by atoms with Gasteiger partial charge in [-0.25, -0.2) is 5.26 Å². The second-order valence-electron chi connectivity index (χ2n) is 12.0. The highest BCUT2D eigenvalue weighted by Gasteiger charge is 2.47. The summed E-state index contributed by atoms with van der Waals surface area (Å²) in [4.78, 5) is 14.8. The minimum atomic E-state index is -4.18. The number of hydrogen-bond acceptors (Lipinski definition) is 11. The standard InChI is InChI=1S/C33H40N2O11S4/c1-33(19-9-3-6-16-32(36)37)26-24-25(48-46-45-38)17-18-27(26)34(20-10-22-49(39,40)41)30(33)14-4-2-5-15-31-35(21-11-23-50(42,43)44)28-12-7-8-13-29(28)47-31/h2,4-5,7-8,12-15,17-18,24H,3,6,9-11,16,19-23H2,1H3,(H3-,36,37,38,39,40,41,42,43,44)/p+1. The van der Waals surface area contributed by atoms with Crippen molar-refractivity contribution in [2.75, 3.05) is 29.5 Å². The molecule has 17 heteroatoms. The predicted octanol–water partition coefficient (Wildman–Crippen LogP) is 6.63. The number of fused-ring (bicyclic) bond motifs is 2. The van der Waals surface area contributed by atoms with Gasteiger partial charge in [0.05, 0.1) is 39.7 Å². The van der Waals surface area contributed by atoms with Crippen LogP contribution in [0.3, 0.4) is 0 Å². The number of nitrogens with zero attached hydrogens (tertiary/aromatic N) is 2. The van der Waals surface area contributed by atoms with Crippen molar-refractivity contribution < 1.29 is 55.0 Å². The van der Waals surface area contributed by atoms with Crippen LogP contribution in [-0.2, 0) is 39.8 Å². The molecule has 2 heterocycles. The molecule has 4 rings (SSSR count). The molecule has 0 amide bonds. The largest absolute Gasteiger partial charge is 0.481 e. The lowest BCUT2D eigenvalue weighted by Crippen LogP contribution is -2.31. The Balaban J connectivity index is 1.64. The molecular formula is C33H41N2O11S4+. The van der Waals surface area contributed by atoms with E-state index in [2.05, 4.69) is 16.3 Å². The zero-order valence-electron chi connectivity index (χ0n) is 27.4. The molecule has 0 spiro atoms. The fourth-order valence-electron chi connectivity index (χ4n) is 6.14. The minimum absolute atomic E-state index is 0.0758. The lowest BCUT2D eigenvalue weighted by molar-refractivity contribution is -0.437. The molecule has 50 heavy (non-hydrogen) atoms. The van der Waals surface area contributed by atoms with Crippen molar-refractivity contribution in [3.05, 3.63) is 83.4 Å². The number of rotatable bonds is 20. The number of aliphatic carboxylic acids is 1. The van der Waals surface area contributed by atoms with Crippen LogP contribution in [0.15, 0.2) is 87.7 Å². The topological polar surface area (TPSA) is 191 Å². The molecule has 4 N–H and O–H groups in total. The fourth-order valence-corrected chi connectivity index (χ4v) is 8.63. The number of carboxylic acids is 1. The smallest absolute Gasteiger partial charge is 0.303 e. The average molecular weight is 770 g/mol. The van der Waals surface area contributed by atoms with Crippen LogP contribution in [0.4, 0.5) is 11.4 Å². The Bertz CT molecular complexity index is 1870. The number of hydrogen-bond donors (Lipinski definition) is 4. The van der Waals surface area contributed by atoms with Gasteiger partial charge >= 0.3 is 5.97 Å². The third-order valence-corrected chi connectivity index (χ3v) is 11.7. The van der Waals surface area contributed by atoms with Crippen molar-refractivity contribution in [2.24, 2.45) is 0 Å². The SMILES string of the molecule is CC1(CCCCCC(=O)O)C(/C=C/C=C/C=C2/Sc3ccccc3N2CCCS(=O)(=O)O)=[N+](CCCS(=O)(=O)O)c2ccc(SOOO)cc21. The molecule has 0 saturated heterocycles. The number of anilines is 1. The summed E-state index contributed by atoms with van der Waals surface area (Å²) in [7, 11) is -8.26. The fraction of sp³-hybridized carbons (Fsp3) is 0.394. The third kappa shape index (κ3) is 11.2. The van der Waals surface area contributed by atoms with Crippen LogP contribution in [0.5, 0.6) is 0 Å². The molecule has 0 aromatic heterocycles. The van der Waals surface area contributed by atoms with E-state index in [1.165, 1.54) is 0 Å². The van der Waals surface area contributed by atoms with E-state index < -0.39 is 37.4 Å². The Kier molecular flexibility index (Phi) is 14.3. The normalized spacial score (nSPS) is 18.6. The Morgan fingerprint density at radius 2 is 1.72 bits per heavy atom. The van der Waals surface area contributed by atoms with Crippen LogP contribution < -0.4 is 4.90 Å². The second kappa shape index (κ2) is 18.0. The maximum Gasteiger partial charge on any atom is 0.303 e. The maximum absolute atomic E-state index is 11.6. The van der Waals surface area contributed by atoms with Gasteiger partial charge in [0.15, 0.2) is 5.71 Å². The summed E-state index contributed by atoms with van der Waals surface area (Å²) in [6, 6.07) is 13.4. The van der Waals surface area contributed by atoms with Crippen molar-refractivity contribution in [1.29, 1.82) is 0 Å². The number of carbonyl (C=O) groups is 1. The van der Waals surface area contributed by atoms with E-state index in [0.717, 1.165) is 51.0 Å². The Labute approximate surface area is 300 Å². The number of carboxylic acid groups (broad SMARTS) is 1. The van der Waals surface area contributed by atoms with E-state index in [-0.39, 0.29) is 25.0 Å². The van der Waals surface area contributed by atoms with Crippen LogP contribution in [0.1, 0.15) is 57.4 Å². The lowest BCUT2D eigenvalue weighted by Gasteiger charge is -2.23. The average Bonchev–Trinajstić information content (AvgIpc) is 3.50. The van der Waals surface area contributed by atoms with Gasteiger partial charge < -0.3 is 10.0 Å². The molecule has 2 aliphatic rings. The van der Waals surface area contributed by atoms with E-state index >= 15 is 0 Å². The molecule has 13 nitrogen and oxygen atoms in total. The maximum atomic E-state index is 11.6. The zero-order valence-corrected chi connectivity index (χ0v) is 30.6. The Hall–Kier alpha value is -3.00. The van der Waals surface area contributed by atoms with Crippen LogP contribution in [0, 0.1) is 0 Å². The molecule has 0 bridgehead atoms. The van der Waals surface area contributed by atoms with Gasteiger partial charge in [-0.3, -0.25) is 13.9 Å². The first-order valence-corrected chi connectivity index (χ1v) is 20.7. The van der Waals surface area contributed by atoms with Crippen molar-refractivity contribution in [2.45, 2.75) is 67.1 Å². The van der Waals surface area contributed by atoms with Gasteiger partial charge in [-0.2, -0.15) is 21.4 Å². The summed E-state index contributed by atoms with van der Waals surface area (Å²) in [6.07, 6.45) is 12.6. The van der Waals surface area contributed by atoms with Gasteiger partial charge in [0, 0.05) is 46.9 Å². The monoisotopic (exact) mass is 769 g/mol. The Morgan fingerprint density at radius 1 is 0.980 bits per heavy atom. The second-order valence-corrected chi connectivity index (χ2v) is 17.0. The molecule has 272 valence electrons. The third-order valence-electron chi connectivity index (χ3n) is 8.36. The number of thioether (sulfide) groups is 1. The summed E-state index contributed by atoms with van der Waals surface area (Å²) in [5.41, 5.74) is 3.03. The quantitative estimate of drug-likeness (QED) is 0.0213. The first-order chi connectivity index (χ1) is 23.7. The van der Waals surface area contributed by atoms with Crippen LogP contribution in [0.25, 0.3) is 0 Å².